The molecule has 1 aromatic rings. The standard InChI is InChI=1S/C13H20ClN3O2/c1-19-8-4-2-3-7-16-13(18)11-9-10(14)5-6-12(11)17-15/h5-6,9,17H,2-4,7-8,15H2,1H3,(H,16,18). The van der Waals surface area contributed by atoms with E-state index in [1.807, 2.05) is 0 Å². The SMILES string of the molecule is COCCCCCNC(=O)c1cc(Cl)ccc1NN. The van der Waals surface area contributed by atoms with Crippen molar-refractivity contribution >= 4 is 23.2 Å². The quantitative estimate of drug-likeness (QED) is 0.389. The molecule has 0 aliphatic heterocycles. The van der Waals surface area contributed by atoms with Crippen molar-refractivity contribution in [2.24, 2.45) is 5.84 Å². The second kappa shape index (κ2) is 8.74. The van der Waals surface area contributed by atoms with Crippen molar-refractivity contribution in [3.05, 3.63) is 28.8 Å². The Morgan fingerprint density at radius 1 is 1.37 bits per heavy atom. The predicted octanol–water partition coefficient (Wildman–Crippen LogP) is 2.17. The molecule has 0 heterocycles. The average Bonchev–Trinajstić information content (AvgIpc) is 2.42. The first-order valence-corrected chi connectivity index (χ1v) is 6.60. The maximum Gasteiger partial charge on any atom is 0.253 e. The number of nitrogen functional groups attached to an aromatic ring is 1. The summed E-state index contributed by atoms with van der Waals surface area (Å²) < 4.78 is 4.96. The molecule has 0 aliphatic carbocycles. The number of anilines is 1. The highest BCUT2D eigenvalue weighted by Crippen LogP contribution is 2.19. The molecule has 5 nitrogen and oxygen atoms in total. The van der Waals surface area contributed by atoms with Gasteiger partial charge in [0.1, 0.15) is 0 Å². The lowest BCUT2D eigenvalue weighted by Crippen LogP contribution is -2.26. The first-order valence-electron chi connectivity index (χ1n) is 6.22. The van der Waals surface area contributed by atoms with Crippen LogP contribution in [0.15, 0.2) is 18.2 Å². The molecule has 0 atom stereocenters. The van der Waals surface area contributed by atoms with Gasteiger partial charge in [0.15, 0.2) is 0 Å². The fourth-order valence-corrected chi connectivity index (χ4v) is 1.85. The van der Waals surface area contributed by atoms with Crippen molar-refractivity contribution in [1.82, 2.24) is 5.32 Å². The molecular formula is C13H20ClN3O2. The van der Waals surface area contributed by atoms with Gasteiger partial charge >= 0.3 is 0 Å². The maximum atomic E-state index is 12.0. The summed E-state index contributed by atoms with van der Waals surface area (Å²) in [6.45, 7) is 1.38. The van der Waals surface area contributed by atoms with Gasteiger partial charge in [-0.05, 0) is 37.5 Å². The summed E-state index contributed by atoms with van der Waals surface area (Å²) in [7, 11) is 1.68. The summed E-state index contributed by atoms with van der Waals surface area (Å²) in [5.41, 5.74) is 3.49. The number of unbranched alkanes of at least 4 members (excludes halogenated alkanes) is 2. The Bertz CT molecular complexity index is 413. The van der Waals surface area contributed by atoms with Crippen molar-refractivity contribution in [2.45, 2.75) is 19.3 Å². The molecule has 106 valence electrons. The Balaban J connectivity index is 2.43. The molecule has 1 amide bonds. The van der Waals surface area contributed by atoms with Gasteiger partial charge in [-0.3, -0.25) is 10.6 Å². The molecule has 0 unspecified atom stereocenters. The molecule has 0 aromatic heterocycles. The van der Waals surface area contributed by atoms with Crippen LogP contribution in [0.2, 0.25) is 5.02 Å². The van der Waals surface area contributed by atoms with Gasteiger partial charge < -0.3 is 15.5 Å². The molecule has 0 saturated heterocycles. The Kier molecular flexibility index (Phi) is 7.25. The van der Waals surface area contributed by atoms with E-state index in [0.29, 0.717) is 22.8 Å². The molecule has 0 radical (unpaired) electrons. The summed E-state index contributed by atoms with van der Waals surface area (Å²) in [6, 6.07) is 4.95. The van der Waals surface area contributed by atoms with E-state index in [0.717, 1.165) is 25.9 Å². The Labute approximate surface area is 118 Å². The number of methoxy groups -OCH3 is 1. The molecule has 0 bridgehead atoms. The Morgan fingerprint density at radius 2 is 2.16 bits per heavy atom. The summed E-state index contributed by atoms with van der Waals surface area (Å²) >= 11 is 5.87. The first kappa shape index (κ1) is 15.8. The lowest BCUT2D eigenvalue weighted by atomic mass is 10.1. The minimum Gasteiger partial charge on any atom is -0.385 e. The summed E-state index contributed by atoms with van der Waals surface area (Å²) in [5, 5.41) is 3.35. The third kappa shape index (κ3) is 5.46. The molecule has 19 heavy (non-hydrogen) atoms. The van der Waals surface area contributed by atoms with Crippen LogP contribution in [0, 0.1) is 0 Å². The summed E-state index contributed by atoms with van der Waals surface area (Å²) in [4.78, 5) is 12.0. The van der Waals surface area contributed by atoms with Crippen molar-refractivity contribution in [2.75, 3.05) is 25.7 Å². The summed E-state index contributed by atoms with van der Waals surface area (Å²) in [6.07, 6.45) is 2.94. The third-order valence-corrected chi connectivity index (χ3v) is 2.93. The van der Waals surface area contributed by atoms with Crippen LogP contribution in [0.5, 0.6) is 0 Å². The number of nitrogens with one attached hydrogen (secondary N) is 2. The van der Waals surface area contributed by atoms with Crippen molar-refractivity contribution in [3.63, 3.8) is 0 Å². The van der Waals surface area contributed by atoms with Crippen LogP contribution < -0.4 is 16.6 Å². The zero-order valence-corrected chi connectivity index (χ0v) is 11.8. The van der Waals surface area contributed by atoms with Crippen LogP contribution in [0.25, 0.3) is 0 Å². The molecule has 4 N–H and O–H groups in total. The zero-order chi connectivity index (χ0) is 14.1. The van der Waals surface area contributed by atoms with Crippen LogP contribution in [0.4, 0.5) is 5.69 Å². The monoisotopic (exact) mass is 285 g/mol. The summed E-state index contributed by atoms with van der Waals surface area (Å²) in [5.74, 6) is 5.18. The second-order valence-electron chi connectivity index (χ2n) is 4.14. The van der Waals surface area contributed by atoms with Gasteiger partial charge in [0.2, 0.25) is 0 Å². The van der Waals surface area contributed by atoms with E-state index >= 15 is 0 Å². The minimum atomic E-state index is -0.179. The van der Waals surface area contributed by atoms with Crippen LogP contribution >= 0.6 is 11.6 Å². The highest BCUT2D eigenvalue weighted by atomic mass is 35.5. The number of halogens is 1. The van der Waals surface area contributed by atoms with Gasteiger partial charge in [-0.15, -0.1) is 0 Å². The second-order valence-corrected chi connectivity index (χ2v) is 4.58. The van der Waals surface area contributed by atoms with Crippen LogP contribution in [0.3, 0.4) is 0 Å². The van der Waals surface area contributed by atoms with E-state index in [-0.39, 0.29) is 5.91 Å². The zero-order valence-electron chi connectivity index (χ0n) is 11.0. The number of carbonyl (C=O) groups excluding carboxylic acids is 1. The highest BCUT2D eigenvalue weighted by Gasteiger charge is 2.10. The van der Waals surface area contributed by atoms with Crippen molar-refractivity contribution in [3.8, 4) is 0 Å². The Hall–Kier alpha value is -1.30. The molecule has 0 spiro atoms. The van der Waals surface area contributed by atoms with E-state index in [9.17, 15) is 4.79 Å². The van der Waals surface area contributed by atoms with E-state index in [2.05, 4.69) is 10.7 Å². The number of ether oxygens (including phenoxy) is 1. The molecule has 0 saturated carbocycles. The van der Waals surface area contributed by atoms with Crippen LogP contribution in [-0.2, 0) is 4.74 Å². The lowest BCUT2D eigenvalue weighted by molar-refractivity contribution is 0.0953. The van der Waals surface area contributed by atoms with Crippen LogP contribution in [-0.4, -0.2) is 26.2 Å². The van der Waals surface area contributed by atoms with E-state index in [1.54, 1.807) is 25.3 Å². The van der Waals surface area contributed by atoms with Crippen molar-refractivity contribution in [1.29, 1.82) is 0 Å². The predicted molar refractivity (Wildman–Crippen MR) is 77.3 cm³/mol. The molecule has 6 heteroatoms. The van der Waals surface area contributed by atoms with Gasteiger partial charge in [-0.2, -0.15) is 0 Å². The molecule has 1 rings (SSSR count). The smallest absolute Gasteiger partial charge is 0.253 e. The fraction of sp³-hybridized carbons (Fsp3) is 0.462. The number of hydrogen-bond acceptors (Lipinski definition) is 4. The normalized spacial score (nSPS) is 10.3. The van der Waals surface area contributed by atoms with Gasteiger partial charge in [0, 0.05) is 25.3 Å². The van der Waals surface area contributed by atoms with Gasteiger partial charge in [-0.25, -0.2) is 0 Å². The fourth-order valence-electron chi connectivity index (χ4n) is 1.68. The van der Waals surface area contributed by atoms with E-state index in [1.165, 1.54) is 0 Å². The number of rotatable bonds is 8. The highest BCUT2D eigenvalue weighted by molar-refractivity contribution is 6.31. The van der Waals surface area contributed by atoms with Crippen LogP contribution in [0.1, 0.15) is 29.6 Å². The number of benzene rings is 1. The Morgan fingerprint density at radius 3 is 2.84 bits per heavy atom. The minimum absolute atomic E-state index is 0.179. The van der Waals surface area contributed by atoms with Gasteiger partial charge in [0.25, 0.3) is 5.91 Å². The van der Waals surface area contributed by atoms with Gasteiger partial charge in [0.05, 0.1) is 11.3 Å². The number of nitrogens with two attached hydrogens (primary N) is 1. The average molecular weight is 286 g/mol. The molecule has 1 aromatic carbocycles. The largest absolute Gasteiger partial charge is 0.385 e. The topological polar surface area (TPSA) is 76.4 Å². The van der Waals surface area contributed by atoms with E-state index in [4.69, 9.17) is 22.2 Å². The number of hydrogen-bond donors (Lipinski definition) is 3. The van der Waals surface area contributed by atoms with Gasteiger partial charge in [-0.1, -0.05) is 11.6 Å². The number of carbonyl (C=O) groups is 1. The molecular weight excluding hydrogens is 266 g/mol. The number of hydrazine groups is 1. The third-order valence-electron chi connectivity index (χ3n) is 2.69. The molecule has 0 aliphatic rings. The number of amides is 1. The first-order chi connectivity index (χ1) is 9.19. The lowest BCUT2D eigenvalue weighted by Gasteiger charge is -2.10. The molecule has 0 fully saturated rings. The van der Waals surface area contributed by atoms with E-state index < -0.39 is 0 Å². The van der Waals surface area contributed by atoms with Crippen molar-refractivity contribution < 1.29 is 9.53 Å². The maximum absolute atomic E-state index is 12.0.